The van der Waals surface area contributed by atoms with Crippen LogP contribution < -0.4 is 16.0 Å². The van der Waals surface area contributed by atoms with Crippen LogP contribution in [0.25, 0.3) is 0 Å². The average Bonchev–Trinajstić information content (AvgIpc) is 2.77. The molecule has 0 aliphatic rings. The molecule has 2 rings (SSSR count). The zero-order chi connectivity index (χ0) is 26.1. The van der Waals surface area contributed by atoms with E-state index in [1.165, 1.54) is 13.8 Å². The summed E-state index contributed by atoms with van der Waals surface area (Å²) in [6.45, 7) is 2.78. The van der Waals surface area contributed by atoms with Crippen molar-refractivity contribution in [1.29, 1.82) is 0 Å². The lowest BCUT2D eigenvalue weighted by Gasteiger charge is -2.19. The molecule has 188 valence electrons. The first kappa shape index (κ1) is 29.7. The molecule has 2 aromatic carbocycles. The number of anilines is 3. The van der Waals surface area contributed by atoms with E-state index in [2.05, 4.69) is 38.5 Å². The first-order chi connectivity index (χ1) is 16.5. The van der Waals surface area contributed by atoms with Gasteiger partial charge in [0.2, 0.25) is 11.8 Å². The number of carbonyl (C=O) groups excluding carboxylic acids is 3. The standard InChI is InChI=1S/C24H26I3N3O5/c1-13(31)28-22-19(25)18(20(26)23(21(22)27)29-14(2)32)24(35)30-16-11-9-15(10-12-16)7-5-3-4-6-8-17(33)34/h9-12H,3-8H2,1-2H3,(H,28,31)(H,29,32)(H,30,35)(H,33,34). The third kappa shape index (κ3) is 9.15. The second-order valence-electron chi connectivity index (χ2n) is 7.89. The number of halogens is 3. The van der Waals surface area contributed by atoms with Crippen LogP contribution in [0.1, 0.15) is 61.9 Å². The van der Waals surface area contributed by atoms with E-state index in [0.717, 1.165) is 31.2 Å². The number of carboxylic acid groups (broad SMARTS) is 1. The fraction of sp³-hybridized carbons (Fsp3) is 0.333. The number of unbranched alkanes of at least 4 members (excludes halogenated alkanes) is 3. The van der Waals surface area contributed by atoms with Crippen LogP contribution in [0, 0.1) is 10.7 Å². The number of carbonyl (C=O) groups is 4. The number of hydrogen-bond donors (Lipinski definition) is 4. The number of aliphatic carboxylic acids is 1. The van der Waals surface area contributed by atoms with Crippen molar-refractivity contribution >= 4 is 109 Å². The van der Waals surface area contributed by atoms with Gasteiger partial charge in [0, 0.05) is 26.0 Å². The molecule has 4 N–H and O–H groups in total. The topological polar surface area (TPSA) is 125 Å². The highest BCUT2D eigenvalue weighted by atomic mass is 127. The summed E-state index contributed by atoms with van der Waals surface area (Å²) in [5, 5.41) is 17.1. The summed E-state index contributed by atoms with van der Waals surface area (Å²) < 4.78 is 1.81. The molecule has 0 unspecified atom stereocenters. The fourth-order valence-corrected chi connectivity index (χ4v) is 7.54. The quantitative estimate of drug-likeness (QED) is 0.158. The molecule has 0 aliphatic heterocycles. The number of benzene rings is 2. The van der Waals surface area contributed by atoms with Gasteiger partial charge in [-0.25, -0.2) is 0 Å². The Balaban J connectivity index is 2.16. The summed E-state index contributed by atoms with van der Waals surface area (Å²) in [4.78, 5) is 47.3. The lowest BCUT2D eigenvalue weighted by molar-refractivity contribution is -0.137. The molecule has 2 aromatic rings. The van der Waals surface area contributed by atoms with E-state index in [1.807, 2.05) is 69.4 Å². The van der Waals surface area contributed by atoms with Gasteiger partial charge in [0.25, 0.3) is 5.91 Å². The molecule has 0 fully saturated rings. The number of rotatable bonds is 11. The van der Waals surface area contributed by atoms with Crippen LogP contribution in [0.4, 0.5) is 17.1 Å². The van der Waals surface area contributed by atoms with Gasteiger partial charge in [0.05, 0.1) is 27.6 Å². The Morgan fingerprint density at radius 2 is 1.26 bits per heavy atom. The molecule has 0 aliphatic carbocycles. The summed E-state index contributed by atoms with van der Waals surface area (Å²) in [6.07, 6.45) is 4.64. The predicted octanol–water partition coefficient (Wildman–Crippen LogP) is 6.25. The van der Waals surface area contributed by atoms with Crippen LogP contribution in [-0.2, 0) is 20.8 Å². The minimum atomic E-state index is -0.755. The van der Waals surface area contributed by atoms with Gasteiger partial charge in [0.15, 0.2) is 0 Å². The minimum absolute atomic E-state index is 0.214. The molecule has 0 heterocycles. The van der Waals surface area contributed by atoms with Gasteiger partial charge in [-0.05, 0) is 105 Å². The zero-order valence-electron chi connectivity index (χ0n) is 19.3. The Kier molecular flexibility index (Phi) is 12.2. The number of hydrogen-bond acceptors (Lipinski definition) is 4. The number of carboxylic acids is 1. The summed E-state index contributed by atoms with van der Waals surface area (Å²) in [5.41, 5.74) is 3.09. The smallest absolute Gasteiger partial charge is 0.303 e. The molecule has 0 saturated heterocycles. The number of amides is 3. The minimum Gasteiger partial charge on any atom is -0.481 e. The molecule has 0 saturated carbocycles. The van der Waals surface area contributed by atoms with E-state index >= 15 is 0 Å². The van der Waals surface area contributed by atoms with Crippen molar-refractivity contribution in [2.24, 2.45) is 0 Å². The first-order valence-corrected chi connectivity index (χ1v) is 14.1. The van der Waals surface area contributed by atoms with Crippen molar-refractivity contribution < 1.29 is 24.3 Å². The van der Waals surface area contributed by atoms with E-state index in [9.17, 15) is 19.2 Å². The molecule has 3 amide bonds. The summed E-state index contributed by atoms with van der Waals surface area (Å²) in [7, 11) is 0. The van der Waals surface area contributed by atoms with Crippen LogP contribution in [0.3, 0.4) is 0 Å². The Hall–Kier alpha value is -1.49. The van der Waals surface area contributed by atoms with E-state index in [0.29, 0.717) is 39.8 Å². The van der Waals surface area contributed by atoms with Crippen molar-refractivity contribution in [3.63, 3.8) is 0 Å². The van der Waals surface area contributed by atoms with Crippen LogP contribution in [0.5, 0.6) is 0 Å². The van der Waals surface area contributed by atoms with Crippen molar-refractivity contribution in [2.45, 2.75) is 52.4 Å². The Bertz CT molecular complexity index is 1080. The van der Waals surface area contributed by atoms with Gasteiger partial charge in [-0.1, -0.05) is 25.0 Å². The summed E-state index contributed by atoms with van der Waals surface area (Å²) in [5.74, 6) is -1.66. The lowest BCUT2D eigenvalue weighted by atomic mass is 10.0. The maximum absolute atomic E-state index is 13.3. The molecule has 0 radical (unpaired) electrons. The Labute approximate surface area is 245 Å². The van der Waals surface area contributed by atoms with Gasteiger partial charge >= 0.3 is 5.97 Å². The molecule has 0 spiro atoms. The van der Waals surface area contributed by atoms with Crippen molar-refractivity contribution in [3.05, 3.63) is 46.1 Å². The molecule has 0 atom stereocenters. The van der Waals surface area contributed by atoms with Gasteiger partial charge in [-0.2, -0.15) is 0 Å². The third-order valence-electron chi connectivity index (χ3n) is 4.96. The first-order valence-electron chi connectivity index (χ1n) is 10.9. The SMILES string of the molecule is CC(=O)Nc1c(I)c(NC(C)=O)c(I)c(C(=O)Nc2ccc(CCCCCCC(=O)O)cc2)c1I. The third-order valence-corrected chi connectivity index (χ3v) is 8.20. The normalized spacial score (nSPS) is 10.5. The molecule has 0 bridgehead atoms. The van der Waals surface area contributed by atoms with E-state index in [-0.39, 0.29) is 24.1 Å². The van der Waals surface area contributed by atoms with E-state index in [1.54, 1.807) is 0 Å². The molecular formula is C24H26I3N3O5. The van der Waals surface area contributed by atoms with Gasteiger partial charge in [-0.15, -0.1) is 0 Å². The van der Waals surface area contributed by atoms with E-state index < -0.39 is 5.97 Å². The maximum Gasteiger partial charge on any atom is 0.303 e. The Morgan fingerprint density at radius 3 is 1.74 bits per heavy atom. The monoisotopic (exact) mass is 817 g/mol. The van der Waals surface area contributed by atoms with Crippen LogP contribution in [0.15, 0.2) is 24.3 Å². The number of aryl methyl sites for hydroxylation is 1. The van der Waals surface area contributed by atoms with Crippen LogP contribution >= 0.6 is 67.8 Å². The molecule has 8 nitrogen and oxygen atoms in total. The zero-order valence-corrected chi connectivity index (χ0v) is 25.7. The molecular weight excluding hydrogens is 791 g/mol. The molecule has 35 heavy (non-hydrogen) atoms. The van der Waals surface area contributed by atoms with Crippen molar-refractivity contribution in [2.75, 3.05) is 16.0 Å². The highest BCUT2D eigenvalue weighted by Gasteiger charge is 2.25. The average molecular weight is 817 g/mol. The maximum atomic E-state index is 13.3. The van der Waals surface area contributed by atoms with Gasteiger partial charge in [0.1, 0.15) is 0 Å². The van der Waals surface area contributed by atoms with Crippen LogP contribution in [0.2, 0.25) is 0 Å². The van der Waals surface area contributed by atoms with E-state index in [4.69, 9.17) is 5.11 Å². The number of nitrogens with one attached hydrogen (secondary N) is 3. The second kappa shape index (κ2) is 14.3. The van der Waals surface area contributed by atoms with Crippen molar-refractivity contribution in [1.82, 2.24) is 0 Å². The van der Waals surface area contributed by atoms with Gasteiger partial charge < -0.3 is 21.1 Å². The lowest BCUT2D eigenvalue weighted by Crippen LogP contribution is -2.21. The predicted molar refractivity (Wildman–Crippen MR) is 162 cm³/mol. The van der Waals surface area contributed by atoms with Crippen LogP contribution in [-0.4, -0.2) is 28.8 Å². The summed E-state index contributed by atoms with van der Waals surface area (Å²) in [6, 6.07) is 7.60. The largest absolute Gasteiger partial charge is 0.481 e. The molecule has 0 aromatic heterocycles. The van der Waals surface area contributed by atoms with Gasteiger partial charge in [-0.3, -0.25) is 19.2 Å². The second-order valence-corrected chi connectivity index (χ2v) is 11.1. The summed E-state index contributed by atoms with van der Waals surface area (Å²) >= 11 is 6.12. The van der Waals surface area contributed by atoms with Crippen molar-refractivity contribution in [3.8, 4) is 0 Å². The molecule has 11 heteroatoms. The Morgan fingerprint density at radius 1 is 0.743 bits per heavy atom. The fourth-order valence-electron chi connectivity index (χ4n) is 3.34. The highest BCUT2D eigenvalue weighted by Crippen LogP contribution is 2.39. The highest BCUT2D eigenvalue weighted by molar-refractivity contribution is 14.1.